The molecule has 0 radical (unpaired) electrons. The van der Waals surface area contributed by atoms with Crippen LogP contribution in [0.5, 0.6) is 5.75 Å². The smallest absolute Gasteiger partial charge is 0.322 e. The van der Waals surface area contributed by atoms with Crippen LogP contribution in [0.2, 0.25) is 0 Å². The van der Waals surface area contributed by atoms with Crippen LogP contribution in [0.25, 0.3) is 0 Å². The zero-order valence-corrected chi connectivity index (χ0v) is 9.42. The molecular weight excluding hydrogens is 247 g/mol. The van der Waals surface area contributed by atoms with Crippen LogP contribution in [0.15, 0.2) is 12.1 Å². The summed E-state index contributed by atoms with van der Waals surface area (Å²) < 4.78 is 17.5. The number of nitrogens with two attached hydrogens (primary N) is 1. The number of ether oxygens (including phenoxy) is 1. The number of carbonyl (C=O) groups is 1. The maximum Gasteiger partial charge on any atom is 0.322 e. The first-order valence-electron chi connectivity index (χ1n) is 4.86. The predicted octanol–water partition coefficient (Wildman–Crippen LogP) is 0.482. The van der Waals surface area contributed by atoms with Gasteiger partial charge in [-0.1, -0.05) is 0 Å². The minimum Gasteiger partial charge on any atom is -0.508 e. The number of nitro benzene ring substituents is 1. The van der Waals surface area contributed by atoms with Crippen LogP contribution in [0, 0.1) is 15.9 Å². The number of esters is 1. The fraction of sp³-hybridized carbons (Fsp3) is 0.300. The van der Waals surface area contributed by atoms with Crippen molar-refractivity contribution in [2.45, 2.75) is 12.5 Å². The lowest BCUT2D eigenvalue weighted by atomic mass is 10.0. The molecule has 18 heavy (non-hydrogen) atoms. The van der Waals surface area contributed by atoms with Crippen LogP contribution in [0.4, 0.5) is 10.1 Å². The Labute approximate surface area is 101 Å². The molecule has 0 aliphatic rings. The van der Waals surface area contributed by atoms with Gasteiger partial charge < -0.3 is 15.6 Å². The summed E-state index contributed by atoms with van der Waals surface area (Å²) in [6, 6.07) is 0.358. The standard InChI is InChI=1S/C10H11FN2O5/c1-18-10(15)7(12)2-5-3-8(13(16)17)6(11)4-9(5)14/h3-4,7,14H,2,12H2,1H3. The van der Waals surface area contributed by atoms with Gasteiger partial charge in [0, 0.05) is 24.1 Å². The number of halogens is 1. The van der Waals surface area contributed by atoms with E-state index in [2.05, 4.69) is 4.74 Å². The highest BCUT2D eigenvalue weighted by molar-refractivity contribution is 5.75. The summed E-state index contributed by atoms with van der Waals surface area (Å²) in [6.45, 7) is 0. The quantitative estimate of drug-likeness (QED) is 0.461. The van der Waals surface area contributed by atoms with Crippen LogP contribution in [-0.4, -0.2) is 29.2 Å². The molecule has 8 heteroatoms. The normalized spacial score (nSPS) is 11.9. The summed E-state index contributed by atoms with van der Waals surface area (Å²) in [6.07, 6.45) is -0.195. The van der Waals surface area contributed by atoms with Gasteiger partial charge in [-0.15, -0.1) is 0 Å². The minimum atomic E-state index is -1.16. The largest absolute Gasteiger partial charge is 0.508 e. The number of nitrogens with zero attached hydrogens (tertiary/aromatic N) is 1. The Morgan fingerprint density at radius 1 is 1.67 bits per heavy atom. The van der Waals surface area contributed by atoms with Crippen LogP contribution in [0.1, 0.15) is 5.56 Å². The van der Waals surface area contributed by atoms with Gasteiger partial charge >= 0.3 is 11.7 Å². The average molecular weight is 258 g/mol. The van der Waals surface area contributed by atoms with Gasteiger partial charge in [0.2, 0.25) is 5.82 Å². The number of aromatic hydroxyl groups is 1. The fourth-order valence-electron chi connectivity index (χ4n) is 1.37. The van der Waals surface area contributed by atoms with Gasteiger partial charge in [0.1, 0.15) is 11.8 Å². The molecule has 1 rings (SSSR count). The first kappa shape index (κ1) is 13.8. The number of phenols is 1. The van der Waals surface area contributed by atoms with Gasteiger partial charge in [-0.2, -0.15) is 4.39 Å². The number of benzene rings is 1. The third kappa shape index (κ3) is 2.92. The molecule has 0 bridgehead atoms. The Morgan fingerprint density at radius 3 is 2.78 bits per heavy atom. The number of hydrogen-bond donors (Lipinski definition) is 2. The van der Waals surface area contributed by atoms with Crippen molar-refractivity contribution in [1.29, 1.82) is 0 Å². The predicted molar refractivity (Wildman–Crippen MR) is 58.4 cm³/mol. The monoisotopic (exact) mass is 258 g/mol. The van der Waals surface area contributed by atoms with Gasteiger partial charge in [0.25, 0.3) is 0 Å². The molecule has 0 spiro atoms. The number of phenolic OH excluding ortho intramolecular Hbond substituents is 1. The number of methoxy groups -OCH3 is 1. The SMILES string of the molecule is COC(=O)C(N)Cc1cc([N+](=O)[O-])c(F)cc1O. The van der Waals surface area contributed by atoms with Gasteiger partial charge in [0.15, 0.2) is 0 Å². The van der Waals surface area contributed by atoms with Crippen molar-refractivity contribution in [3.05, 3.63) is 33.6 Å². The van der Waals surface area contributed by atoms with Crippen molar-refractivity contribution >= 4 is 11.7 Å². The molecule has 1 atom stereocenters. The van der Waals surface area contributed by atoms with Crippen molar-refractivity contribution in [3.8, 4) is 5.75 Å². The molecule has 0 saturated carbocycles. The molecule has 1 unspecified atom stereocenters. The molecule has 0 aliphatic heterocycles. The molecule has 0 aliphatic carbocycles. The molecular formula is C10H11FN2O5. The highest BCUT2D eigenvalue weighted by Gasteiger charge is 2.22. The van der Waals surface area contributed by atoms with E-state index in [1.807, 2.05) is 0 Å². The molecule has 1 aromatic carbocycles. The summed E-state index contributed by atoms with van der Waals surface area (Å²) >= 11 is 0. The lowest BCUT2D eigenvalue weighted by molar-refractivity contribution is -0.387. The maximum absolute atomic E-state index is 13.1. The molecule has 0 aromatic heterocycles. The van der Waals surface area contributed by atoms with Crippen LogP contribution in [0.3, 0.4) is 0 Å². The van der Waals surface area contributed by atoms with E-state index in [0.29, 0.717) is 6.07 Å². The number of carbonyl (C=O) groups excluding carboxylic acids is 1. The lowest BCUT2D eigenvalue weighted by Gasteiger charge is -2.10. The second-order valence-corrected chi connectivity index (χ2v) is 3.52. The first-order chi connectivity index (χ1) is 8.36. The van der Waals surface area contributed by atoms with Crippen molar-refractivity contribution in [2.24, 2.45) is 5.73 Å². The second kappa shape index (κ2) is 5.41. The van der Waals surface area contributed by atoms with Crippen LogP contribution >= 0.6 is 0 Å². The summed E-state index contributed by atoms with van der Waals surface area (Å²) in [5.74, 6) is -2.40. The van der Waals surface area contributed by atoms with Gasteiger partial charge in [-0.3, -0.25) is 14.9 Å². The first-order valence-corrected chi connectivity index (χ1v) is 4.86. The highest BCUT2D eigenvalue weighted by Crippen LogP contribution is 2.27. The van der Waals surface area contributed by atoms with Crippen molar-refractivity contribution in [3.63, 3.8) is 0 Å². The maximum atomic E-state index is 13.1. The van der Waals surface area contributed by atoms with Gasteiger partial charge in [-0.05, 0) is 0 Å². The summed E-state index contributed by atoms with van der Waals surface area (Å²) in [5.41, 5.74) is 4.65. The van der Waals surface area contributed by atoms with Gasteiger partial charge in [-0.25, -0.2) is 0 Å². The molecule has 0 heterocycles. The van der Waals surface area contributed by atoms with Crippen molar-refractivity contribution in [2.75, 3.05) is 7.11 Å². The third-order valence-corrected chi connectivity index (χ3v) is 2.29. The van der Waals surface area contributed by atoms with E-state index in [4.69, 9.17) is 5.73 Å². The number of hydrogen-bond acceptors (Lipinski definition) is 6. The summed E-state index contributed by atoms with van der Waals surface area (Å²) in [4.78, 5) is 20.7. The second-order valence-electron chi connectivity index (χ2n) is 3.52. The molecule has 3 N–H and O–H groups in total. The summed E-state index contributed by atoms with van der Waals surface area (Å²) in [5, 5.41) is 20.0. The molecule has 1 aromatic rings. The van der Waals surface area contributed by atoms with Crippen LogP contribution < -0.4 is 5.73 Å². The number of rotatable bonds is 4. The Bertz CT molecular complexity index is 491. The van der Waals surface area contributed by atoms with Crippen molar-refractivity contribution < 1.29 is 24.0 Å². The van der Waals surface area contributed by atoms with E-state index in [9.17, 15) is 24.4 Å². The highest BCUT2D eigenvalue weighted by atomic mass is 19.1. The minimum absolute atomic E-state index is 0.000926. The Morgan fingerprint density at radius 2 is 2.28 bits per heavy atom. The molecule has 0 saturated heterocycles. The number of nitro groups is 1. The lowest BCUT2D eigenvalue weighted by Crippen LogP contribution is -2.33. The van der Waals surface area contributed by atoms with Crippen molar-refractivity contribution in [1.82, 2.24) is 0 Å². The van der Waals surface area contributed by atoms with E-state index in [-0.39, 0.29) is 12.0 Å². The zero-order chi connectivity index (χ0) is 13.9. The zero-order valence-electron chi connectivity index (χ0n) is 9.42. The fourth-order valence-corrected chi connectivity index (χ4v) is 1.37. The molecule has 98 valence electrons. The molecule has 7 nitrogen and oxygen atoms in total. The summed E-state index contributed by atoms with van der Waals surface area (Å²) in [7, 11) is 1.13. The van der Waals surface area contributed by atoms with E-state index in [0.717, 1.165) is 13.2 Å². The van der Waals surface area contributed by atoms with E-state index >= 15 is 0 Å². The molecule has 0 fully saturated rings. The van der Waals surface area contributed by atoms with E-state index in [1.54, 1.807) is 0 Å². The third-order valence-electron chi connectivity index (χ3n) is 2.29. The van der Waals surface area contributed by atoms with E-state index < -0.39 is 34.2 Å². The average Bonchev–Trinajstić information content (AvgIpc) is 2.30. The topological polar surface area (TPSA) is 116 Å². The Balaban J connectivity index is 3.06. The van der Waals surface area contributed by atoms with E-state index in [1.165, 1.54) is 0 Å². The van der Waals surface area contributed by atoms with Gasteiger partial charge in [0.05, 0.1) is 12.0 Å². The Hall–Kier alpha value is -2.22. The Kier molecular flexibility index (Phi) is 4.16. The molecule has 0 amide bonds. The van der Waals surface area contributed by atoms with Crippen LogP contribution in [-0.2, 0) is 16.0 Å².